The van der Waals surface area contributed by atoms with Gasteiger partial charge in [-0.2, -0.15) is 0 Å². The molecule has 1 unspecified atom stereocenters. The van der Waals surface area contributed by atoms with E-state index in [1.807, 2.05) is 0 Å². The summed E-state index contributed by atoms with van der Waals surface area (Å²) in [4.78, 5) is 22.3. The van der Waals surface area contributed by atoms with Crippen molar-refractivity contribution in [3.8, 4) is 0 Å². The van der Waals surface area contributed by atoms with Crippen LogP contribution in [0.1, 0.15) is 11.5 Å². The lowest BCUT2D eigenvalue weighted by Crippen LogP contribution is -2.40. The Morgan fingerprint density at radius 2 is 1.89 bits per heavy atom. The lowest BCUT2D eigenvalue weighted by molar-refractivity contribution is -0.138. The van der Waals surface area contributed by atoms with Crippen LogP contribution in [-0.4, -0.2) is 36.9 Å². The zero-order valence-electron chi connectivity index (χ0n) is 9.73. The Balaban J connectivity index is 2.55. The first kappa shape index (κ1) is 14.0. The molecule has 0 heterocycles. The molecule has 5 nitrogen and oxygen atoms in total. The zero-order valence-corrected chi connectivity index (χ0v) is 9.73. The van der Waals surface area contributed by atoms with E-state index in [2.05, 4.69) is 10.6 Å². The molecule has 1 rings (SSSR count). The number of aliphatic carboxylic acids is 1. The quantitative estimate of drug-likeness (QED) is 0.712. The van der Waals surface area contributed by atoms with Crippen LogP contribution in [0.3, 0.4) is 0 Å². The van der Waals surface area contributed by atoms with Crippen molar-refractivity contribution in [1.29, 1.82) is 0 Å². The van der Waals surface area contributed by atoms with E-state index in [-0.39, 0.29) is 13.1 Å². The van der Waals surface area contributed by atoms with Crippen LogP contribution >= 0.6 is 0 Å². The monoisotopic (exact) mass is 254 g/mol. The SMILES string of the molecule is O=C(NCCF)NCC(C(=O)O)c1ccccc1. The van der Waals surface area contributed by atoms with Gasteiger partial charge in [-0.15, -0.1) is 0 Å². The van der Waals surface area contributed by atoms with Crippen molar-refractivity contribution in [3.05, 3.63) is 35.9 Å². The normalized spacial score (nSPS) is 11.6. The van der Waals surface area contributed by atoms with Gasteiger partial charge in [0.15, 0.2) is 0 Å². The number of urea groups is 1. The average Bonchev–Trinajstić information content (AvgIpc) is 2.37. The third-order valence-corrected chi connectivity index (χ3v) is 2.35. The Hall–Kier alpha value is -2.11. The average molecular weight is 254 g/mol. The molecule has 3 N–H and O–H groups in total. The molecular formula is C12H15FN2O3. The van der Waals surface area contributed by atoms with Crippen LogP contribution in [0.25, 0.3) is 0 Å². The van der Waals surface area contributed by atoms with Crippen LogP contribution in [0.5, 0.6) is 0 Å². The summed E-state index contributed by atoms with van der Waals surface area (Å²) < 4.78 is 11.8. The number of alkyl halides is 1. The largest absolute Gasteiger partial charge is 0.481 e. The van der Waals surface area contributed by atoms with Crippen LogP contribution in [-0.2, 0) is 4.79 Å². The molecule has 0 bridgehead atoms. The fourth-order valence-corrected chi connectivity index (χ4v) is 1.45. The molecule has 0 spiro atoms. The first-order valence-corrected chi connectivity index (χ1v) is 5.50. The molecule has 6 heteroatoms. The minimum Gasteiger partial charge on any atom is -0.481 e. The molecule has 2 amide bonds. The lowest BCUT2D eigenvalue weighted by atomic mass is 9.99. The van der Waals surface area contributed by atoms with Crippen molar-refractivity contribution < 1.29 is 19.1 Å². The number of hydrogen-bond acceptors (Lipinski definition) is 2. The number of amides is 2. The van der Waals surface area contributed by atoms with Crippen LogP contribution in [0.4, 0.5) is 9.18 Å². The van der Waals surface area contributed by atoms with Gasteiger partial charge < -0.3 is 15.7 Å². The van der Waals surface area contributed by atoms with E-state index in [1.165, 1.54) is 0 Å². The first-order chi connectivity index (χ1) is 8.65. The standard InChI is InChI=1S/C12H15FN2O3/c13-6-7-14-12(18)15-8-10(11(16)17)9-4-2-1-3-5-9/h1-5,10H,6-8H2,(H,16,17)(H2,14,15,18). The van der Waals surface area contributed by atoms with Crippen LogP contribution in [0, 0.1) is 0 Å². The van der Waals surface area contributed by atoms with Crippen molar-refractivity contribution in [3.63, 3.8) is 0 Å². The molecule has 0 aliphatic carbocycles. The smallest absolute Gasteiger partial charge is 0.314 e. The number of halogens is 1. The van der Waals surface area contributed by atoms with Crippen molar-refractivity contribution in [2.24, 2.45) is 0 Å². The molecule has 0 aliphatic rings. The number of carboxylic acids is 1. The molecule has 0 saturated carbocycles. The molecule has 0 radical (unpaired) electrons. The maximum atomic E-state index is 11.8. The van der Waals surface area contributed by atoms with Gasteiger partial charge in [0.25, 0.3) is 0 Å². The summed E-state index contributed by atoms with van der Waals surface area (Å²) in [6.07, 6.45) is 0. The van der Waals surface area contributed by atoms with E-state index in [1.54, 1.807) is 30.3 Å². The van der Waals surface area contributed by atoms with Crippen LogP contribution in [0.15, 0.2) is 30.3 Å². The second-order valence-electron chi connectivity index (χ2n) is 3.63. The minimum atomic E-state index is -1.02. The number of nitrogens with one attached hydrogen (secondary N) is 2. The predicted molar refractivity (Wildman–Crippen MR) is 64.2 cm³/mol. The van der Waals surface area contributed by atoms with Crippen molar-refractivity contribution >= 4 is 12.0 Å². The zero-order chi connectivity index (χ0) is 13.4. The van der Waals surface area contributed by atoms with Gasteiger partial charge in [0.05, 0.1) is 5.92 Å². The molecule has 1 aromatic carbocycles. The van der Waals surface area contributed by atoms with Gasteiger partial charge in [-0.3, -0.25) is 4.79 Å². The number of carbonyl (C=O) groups is 2. The molecule has 1 atom stereocenters. The summed E-state index contributed by atoms with van der Waals surface area (Å²) in [5.41, 5.74) is 0.607. The van der Waals surface area contributed by atoms with Crippen molar-refractivity contribution in [1.82, 2.24) is 10.6 Å². The van der Waals surface area contributed by atoms with Gasteiger partial charge in [-0.05, 0) is 5.56 Å². The van der Waals surface area contributed by atoms with E-state index in [0.29, 0.717) is 5.56 Å². The Morgan fingerprint density at radius 1 is 1.22 bits per heavy atom. The fourth-order valence-electron chi connectivity index (χ4n) is 1.45. The maximum Gasteiger partial charge on any atom is 0.314 e. The maximum absolute atomic E-state index is 11.8. The first-order valence-electron chi connectivity index (χ1n) is 5.50. The van der Waals surface area contributed by atoms with Gasteiger partial charge in [-0.1, -0.05) is 30.3 Å². The molecule has 0 aliphatic heterocycles. The van der Waals surface area contributed by atoms with E-state index in [0.717, 1.165) is 0 Å². The fraction of sp³-hybridized carbons (Fsp3) is 0.333. The molecule has 98 valence electrons. The number of carboxylic acid groups (broad SMARTS) is 1. The number of carbonyl (C=O) groups excluding carboxylic acids is 1. The van der Waals surface area contributed by atoms with Gasteiger partial charge in [0.1, 0.15) is 6.67 Å². The van der Waals surface area contributed by atoms with Crippen LogP contribution in [0.2, 0.25) is 0 Å². The second-order valence-corrected chi connectivity index (χ2v) is 3.63. The molecule has 1 aromatic rings. The van der Waals surface area contributed by atoms with Crippen molar-refractivity contribution in [2.45, 2.75) is 5.92 Å². The third kappa shape index (κ3) is 4.40. The summed E-state index contributed by atoms with van der Waals surface area (Å²) in [6, 6.07) is 8.03. The Morgan fingerprint density at radius 3 is 2.44 bits per heavy atom. The molecule has 18 heavy (non-hydrogen) atoms. The molecule has 0 aromatic heterocycles. The minimum absolute atomic E-state index is 0.0442. The van der Waals surface area contributed by atoms with Gasteiger partial charge in [-0.25, -0.2) is 9.18 Å². The summed E-state index contributed by atoms with van der Waals surface area (Å²) in [6.45, 7) is -0.791. The van der Waals surface area contributed by atoms with Crippen LogP contribution < -0.4 is 10.6 Å². The van der Waals surface area contributed by atoms with E-state index in [4.69, 9.17) is 5.11 Å². The molecular weight excluding hydrogens is 239 g/mol. The summed E-state index contributed by atoms with van der Waals surface area (Å²) in [5.74, 6) is -1.84. The summed E-state index contributed by atoms with van der Waals surface area (Å²) >= 11 is 0. The number of hydrogen-bond donors (Lipinski definition) is 3. The van der Waals surface area contributed by atoms with E-state index < -0.39 is 24.6 Å². The Bertz CT molecular complexity index is 398. The second kappa shape index (κ2) is 7.26. The highest BCUT2D eigenvalue weighted by Gasteiger charge is 2.20. The van der Waals surface area contributed by atoms with Gasteiger partial charge in [0, 0.05) is 13.1 Å². The predicted octanol–water partition coefficient (Wildman–Crippen LogP) is 1.12. The van der Waals surface area contributed by atoms with Gasteiger partial charge in [0.2, 0.25) is 0 Å². The Kier molecular flexibility index (Phi) is 5.63. The summed E-state index contributed by atoms with van der Waals surface area (Å²) in [7, 11) is 0. The topological polar surface area (TPSA) is 78.4 Å². The lowest BCUT2D eigenvalue weighted by Gasteiger charge is -2.13. The Labute approximate surface area is 104 Å². The number of benzene rings is 1. The highest BCUT2D eigenvalue weighted by atomic mass is 19.1. The molecule has 0 fully saturated rings. The van der Waals surface area contributed by atoms with Crippen molar-refractivity contribution in [2.75, 3.05) is 19.8 Å². The molecule has 0 saturated heterocycles. The summed E-state index contributed by atoms with van der Waals surface area (Å²) in [5, 5.41) is 13.7. The highest BCUT2D eigenvalue weighted by molar-refractivity contribution is 5.79. The van der Waals surface area contributed by atoms with Gasteiger partial charge >= 0.3 is 12.0 Å². The van der Waals surface area contributed by atoms with E-state index >= 15 is 0 Å². The van der Waals surface area contributed by atoms with E-state index in [9.17, 15) is 14.0 Å². The highest BCUT2D eigenvalue weighted by Crippen LogP contribution is 2.14. The third-order valence-electron chi connectivity index (χ3n) is 2.35. The number of rotatable bonds is 6.